The van der Waals surface area contributed by atoms with Crippen molar-refractivity contribution in [2.75, 3.05) is 0 Å². The molecule has 21 heavy (non-hydrogen) atoms. The van der Waals surface area contributed by atoms with Crippen LogP contribution in [0.25, 0.3) is 5.69 Å². The molecular formula is C16H11FN4. The normalized spacial score (nSPS) is 10.0. The summed E-state index contributed by atoms with van der Waals surface area (Å²) in [5.74, 6) is 5.95. The van der Waals surface area contributed by atoms with Gasteiger partial charge in [-0.1, -0.05) is 0 Å². The largest absolute Gasteiger partial charge is 0.237 e. The first-order valence-corrected chi connectivity index (χ1v) is 6.34. The minimum Gasteiger partial charge on any atom is -0.237 e. The second-order valence-electron chi connectivity index (χ2n) is 4.38. The molecule has 0 fully saturated rings. The molecule has 0 bridgehead atoms. The van der Waals surface area contributed by atoms with E-state index < -0.39 is 0 Å². The Labute approximate surface area is 121 Å². The van der Waals surface area contributed by atoms with Crippen molar-refractivity contribution >= 4 is 0 Å². The summed E-state index contributed by atoms with van der Waals surface area (Å²) in [6, 6.07) is 9.75. The highest BCUT2D eigenvalue weighted by Gasteiger charge is 2.04. The highest BCUT2D eigenvalue weighted by Crippen LogP contribution is 2.12. The Morgan fingerprint density at radius 2 is 1.76 bits per heavy atom. The lowest BCUT2D eigenvalue weighted by Crippen LogP contribution is -1.98. The molecule has 0 atom stereocenters. The van der Waals surface area contributed by atoms with Gasteiger partial charge in [0.25, 0.3) is 0 Å². The standard InChI is InChI=1S/C16H11FN4/c1-12-11-14(5-8-16-18-9-2-10-19-16)20-21(12)15-6-3-13(17)4-7-15/h2-4,6-7,9-11H,1H3. The number of hydrogen-bond donors (Lipinski definition) is 0. The van der Waals surface area contributed by atoms with Gasteiger partial charge in [-0.15, -0.1) is 0 Å². The summed E-state index contributed by atoms with van der Waals surface area (Å²) in [4.78, 5) is 8.06. The van der Waals surface area contributed by atoms with E-state index in [1.165, 1.54) is 12.1 Å². The summed E-state index contributed by atoms with van der Waals surface area (Å²) >= 11 is 0. The second kappa shape index (κ2) is 5.55. The van der Waals surface area contributed by atoms with E-state index in [-0.39, 0.29) is 5.82 Å². The van der Waals surface area contributed by atoms with Gasteiger partial charge in [0.05, 0.1) is 5.69 Å². The van der Waals surface area contributed by atoms with Gasteiger partial charge in [-0.25, -0.2) is 19.0 Å². The van der Waals surface area contributed by atoms with Crippen LogP contribution in [0.1, 0.15) is 17.2 Å². The fourth-order valence-electron chi connectivity index (χ4n) is 1.86. The van der Waals surface area contributed by atoms with Crippen molar-refractivity contribution in [3.63, 3.8) is 0 Å². The Balaban J connectivity index is 1.92. The summed E-state index contributed by atoms with van der Waals surface area (Å²) in [5, 5.41) is 4.39. The smallest absolute Gasteiger partial charge is 0.205 e. The van der Waals surface area contributed by atoms with Gasteiger partial charge in [-0.2, -0.15) is 5.10 Å². The average molecular weight is 278 g/mol. The van der Waals surface area contributed by atoms with Crippen LogP contribution in [0.2, 0.25) is 0 Å². The number of rotatable bonds is 1. The minimum atomic E-state index is -0.273. The Bertz CT molecular complexity index is 811. The number of aryl methyl sites for hydroxylation is 1. The predicted molar refractivity (Wildman–Crippen MR) is 76.3 cm³/mol. The van der Waals surface area contributed by atoms with E-state index in [1.807, 2.05) is 13.0 Å². The Hall–Kier alpha value is -3.00. The van der Waals surface area contributed by atoms with Crippen molar-refractivity contribution in [2.24, 2.45) is 0 Å². The van der Waals surface area contributed by atoms with E-state index in [4.69, 9.17) is 0 Å². The van der Waals surface area contributed by atoms with Crippen LogP contribution in [-0.2, 0) is 0 Å². The van der Waals surface area contributed by atoms with Crippen molar-refractivity contribution in [3.05, 3.63) is 71.8 Å². The molecule has 0 spiro atoms. The lowest BCUT2D eigenvalue weighted by molar-refractivity contribution is 0.627. The third-order valence-electron chi connectivity index (χ3n) is 2.83. The lowest BCUT2D eigenvalue weighted by Gasteiger charge is -2.02. The Morgan fingerprint density at radius 1 is 1.05 bits per heavy atom. The average Bonchev–Trinajstić information content (AvgIpc) is 2.88. The molecule has 2 heterocycles. The van der Waals surface area contributed by atoms with Gasteiger partial charge < -0.3 is 0 Å². The van der Waals surface area contributed by atoms with Gasteiger partial charge in [0.2, 0.25) is 5.82 Å². The fourth-order valence-corrected chi connectivity index (χ4v) is 1.86. The van der Waals surface area contributed by atoms with Gasteiger partial charge >= 0.3 is 0 Å². The predicted octanol–water partition coefficient (Wildman–Crippen LogP) is 2.51. The number of aromatic nitrogens is 4. The molecule has 2 aromatic heterocycles. The van der Waals surface area contributed by atoms with Crippen molar-refractivity contribution in [1.82, 2.24) is 19.7 Å². The number of benzene rings is 1. The van der Waals surface area contributed by atoms with Crippen molar-refractivity contribution in [1.29, 1.82) is 0 Å². The summed E-state index contributed by atoms with van der Waals surface area (Å²) < 4.78 is 14.7. The van der Waals surface area contributed by atoms with Gasteiger partial charge in [0, 0.05) is 18.1 Å². The van der Waals surface area contributed by atoms with Crippen LogP contribution in [0, 0.1) is 24.6 Å². The molecule has 0 unspecified atom stereocenters. The van der Waals surface area contributed by atoms with E-state index in [2.05, 4.69) is 26.9 Å². The zero-order valence-corrected chi connectivity index (χ0v) is 11.3. The minimum absolute atomic E-state index is 0.273. The van der Waals surface area contributed by atoms with Crippen LogP contribution in [0.4, 0.5) is 4.39 Å². The molecule has 0 aliphatic heterocycles. The van der Waals surface area contributed by atoms with Crippen molar-refractivity contribution in [3.8, 4) is 17.5 Å². The van der Waals surface area contributed by atoms with Crippen LogP contribution in [0.5, 0.6) is 0 Å². The van der Waals surface area contributed by atoms with Crippen LogP contribution < -0.4 is 0 Å². The summed E-state index contributed by atoms with van der Waals surface area (Å²) in [7, 11) is 0. The zero-order valence-electron chi connectivity index (χ0n) is 11.3. The first-order valence-electron chi connectivity index (χ1n) is 6.34. The van der Waals surface area contributed by atoms with Crippen molar-refractivity contribution < 1.29 is 4.39 Å². The van der Waals surface area contributed by atoms with Gasteiger partial charge in [0.15, 0.2) is 0 Å². The van der Waals surface area contributed by atoms with Crippen LogP contribution in [0.15, 0.2) is 48.8 Å². The fraction of sp³-hybridized carbons (Fsp3) is 0.0625. The van der Waals surface area contributed by atoms with E-state index in [0.717, 1.165) is 11.4 Å². The number of halogens is 1. The number of hydrogen-bond acceptors (Lipinski definition) is 3. The quantitative estimate of drug-likeness (QED) is 0.642. The first-order chi connectivity index (χ1) is 10.2. The van der Waals surface area contributed by atoms with Crippen LogP contribution in [-0.4, -0.2) is 19.7 Å². The molecule has 102 valence electrons. The van der Waals surface area contributed by atoms with Gasteiger partial charge in [-0.05, 0) is 55.2 Å². The monoisotopic (exact) mass is 278 g/mol. The molecule has 5 heteroatoms. The van der Waals surface area contributed by atoms with E-state index in [1.54, 1.807) is 35.3 Å². The summed E-state index contributed by atoms with van der Waals surface area (Å²) in [6.45, 7) is 1.92. The molecule has 3 aromatic rings. The van der Waals surface area contributed by atoms with Crippen LogP contribution in [0.3, 0.4) is 0 Å². The van der Waals surface area contributed by atoms with Gasteiger partial charge in [0.1, 0.15) is 11.5 Å². The van der Waals surface area contributed by atoms with Crippen molar-refractivity contribution in [2.45, 2.75) is 6.92 Å². The SMILES string of the molecule is Cc1cc(C#Cc2ncccn2)nn1-c1ccc(F)cc1. The molecule has 0 amide bonds. The zero-order chi connectivity index (χ0) is 14.7. The molecule has 4 nitrogen and oxygen atoms in total. The van der Waals surface area contributed by atoms with E-state index >= 15 is 0 Å². The first kappa shape index (κ1) is 13.0. The summed E-state index contributed by atoms with van der Waals surface area (Å²) in [5.41, 5.74) is 2.32. The second-order valence-corrected chi connectivity index (χ2v) is 4.38. The Morgan fingerprint density at radius 3 is 2.48 bits per heavy atom. The molecule has 0 radical (unpaired) electrons. The molecule has 0 aliphatic carbocycles. The molecule has 3 rings (SSSR count). The lowest BCUT2D eigenvalue weighted by atomic mass is 10.3. The maximum atomic E-state index is 13.0. The molecule has 1 aromatic carbocycles. The third-order valence-corrected chi connectivity index (χ3v) is 2.83. The highest BCUT2D eigenvalue weighted by atomic mass is 19.1. The molecule has 0 saturated heterocycles. The van der Waals surface area contributed by atoms with E-state index in [9.17, 15) is 4.39 Å². The maximum absolute atomic E-state index is 13.0. The van der Waals surface area contributed by atoms with Crippen LogP contribution >= 0.6 is 0 Å². The third kappa shape index (κ3) is 2.95. The Kier molecular flexibility index (Phi) is 3.44. The number of nitrogens with zero attached hydrogens (tertiary/aromatic N) is 4. The van der Waals surface area contributed by atoms with E-state index in [0.29, 0.717) is 11.5 Å². The highest BCUT2D eigenvalue weighted by molar-refractivity contribution is 5.38. The molecule has 0 N–H and O–H groups in total. The summed E-state index contributed by atoms with van der Waals surface area (Å²) in [6.07, 6.45) is 3.28. The molecule has 0 saturated carbocycles. The molecular weight excluding hydrogens is 267 g/mol. The maximum Gasteiger partial charge on any atom is 0.205 e. The topological polar surface area (TPSA) is 43.6 Å². The molecule has 0 aliphatic rings. The van der Waals surface area contributed by atoms with Gasteiger partial charge in [-0.3, -0.25) is 0 Å².